The van der Waals surface area contributed by atoms with Gasteiger partial charge in [0.2, 0.25) is 0 Å². The molecule has 0 fully saturated rings. The van der Waals surface area contributed by atoms with Gasteiger partial charge in [-0.1, -0.05) is 25.7 Å². The van der Waals surface area contributed by atoms with Crippen molar-refractivity contribution >= 4 is 46.5 Å². The predicted molar refractivity (Wildman–Crippen MR) is 142 cm³/mol. The number of carbonyl (C=O) groups is 1. The number of ether oxygens (including phenoxy) is 1. The Balaban J connectivity index is 1.94. The Bertz CT molecular complexity index is 1320. The van der Waals surface area contributed by atoms with Crippen molar-refractivity contribution in [2.75, 3.05) is 18.2 Å². The summed E-state index contributed by atoms with van der Waals surface area (Å²) in [6, 6.07) is 7.50. The molecule has 0 unspecified atom stereocenters. The van der Waals surface area contributed by atoms with E-state index in [1.54, 1.807) is 29.1 Å². The maximum atomic E-state index is 13.1. The Morgan fingerprint density at radius 2 is 1.91 bits per heavy atom. The van der Waals surface area contributed by atoms with E-state index in [0.29, 0.717) is 34.8 Å². The predicted octanol–water partition coefficient (Wildman–Crippen LogP) is 4.42. The number of hydrogen-bond acceptors (Lipinski definition) is 7. The van der Waals surface area contributed by atoms with E-state index in [1.807, 2.05) is 20.8 Å². The van der Waals surface area contributed by atoms with Gasteiger partial charge >= 0.3 is 0 Å². The Labute approximate surface area is 208 Å². The number of hydrogen-bond donors (Lipinski definition) is 2. The van der Waals surface area contributed by atoms with Crippen LogP contribution in [0.25, 0.3) is 11.2 Å². The highest BCUT2D eigenvalue weighted by molar-refractivity contribution is 7.90. The smallest absolute Gasteiger partial charge is 0.255 e. The van der Waals surface area contributed by atoms with Crippen LogP contribution in [0.5, 0.6) is 0 Å². The molecule has 190 valence electrons. The number of amides is 1. The molecule has 2 aromatic heterocycles. The molecule has 0 bridgehead atoms. The average Bonchev–Trinajstić information content (AvgIpc) is 3.07. The van der Waals surface area contributed by atoms with E-state index in [4.69, 9.17) is 4.74 Å². The molecule has 11 heteroatoms. The van der Waals surface area contributed by atoms with E-state index in [2.05, 4.69) is 40.2 Å². The molecule has 0 saturated carbocycles. The number of sulfone groups is 1. The van der Waals surface area contributed by atoms with Crippen LogP contribution in [-0.2, 0) is 21.3 Å². The molecule has 0 aliphatic carbocycles. The largest absolute Gasteiger partial charge is 0.361 e. The standard InChI is InChI=1S/C24H35N5O4SSi/c1-24(2,3)28-23(30)19-15-29(16-33-11-12-35(5,6)7)22-21(19)27-20(14-25-22)26-17-9-8-10-18(13-17)34(4,31)32/h8-10,13-15H,11-12,16H2,1-7H3,(H,26,27)(H,28,30). The van der Waals surface area contributed by atoms with Crippen LogP contribution in [0.2, 0.25) is 25.7 Å². The van der Waals surface area contributed by atoms with Crippen LogP contribution < -0.4 is 10.6 Å². The molecule has 2 heterocycles. The zero-order chi connectivity index (χ0) is 26.0. The maximum Gasteiger partial charge on any atom is 0.255 e. The number of carbonyl (C=O) groups excluding carboxylic acids is 1. The van der Waals surface area contributed by atoms with Gasteiger partial charge in [0.1, 0.15) is 18.1 Å². The van der Waals surface area contributed by atoms with E-state index >= 15 is 0 Å². The fraction of sp³-hybridized carbons (Fsp3) is 0.458. The number of nitrogens with one attached hydrogen (secondary N) is 2. The summed E-state index contributed by atoms with van der Waals surface area (Å²) in [6.07, 6.45) is 4.43. The number of fused-ring (bicyclic) bond motifs is 1. The molecule has 3 rings (SSSR count). The van der Waals surface area contributed by atoms with Gasteiger partial charge in [-0.05, 0) is 45.0 Å². The summed E-state index contributed by atoms with van der Waals surface area (Å²) < 4.78 is 31.5. The molecule has 0 atom stereocenters. The lowest BCUT2D eigenvalue weighted by Gasteiger charge is -2.20. The summed E-state index contributed by atoms with van der Waals surface area (Å²) in [5.41, 5.74) is 1.49. The van der Waals surface area contributed by atoms with Crippen molar-refractivity contribution in [2.24, 2.45) is 0 Å². The third kappa shape index (κ3) is 7.61. The highest BCUT2D eigenvalue weighted by Crippen LogP contribution is 2.24. The van der Waals surface area contributed by atoms with Crippen molar-refractivity contribution < 1.29 is 17.9 Å². The molecule has 0 radical (unpaired) electrons. The Kier molecular flexibility index (Phi) is 7.73. The lowest BCUT2D eigenvalue weighted by Crippen LogP contribution is -2.40. The van der Waals surface area contributed by atoms with Crippen molar-refractivity contribution in [1.82, 2.24) is 19.9 Å². The second-order valence-electron chi connectivity index (χ2n) is 10.9. The first-order chi connectivity index (χ1) is 16.1. The minimum atomic E-state index is -3.35. The first-order valence-electron chi connectivity index (χ1n) is 11.5. The van der Waals surface area contributed by atoms with Crippen LogP contribution in [-0.4, -0.2) is 55.3 Å². The summed E-state index contributed by atoms with van der Waals surface area (Å²) in [6.45, 7) is 13.5. The second kappa shape index (κ2) is 10.1. The van der Waals surface area contributed by atoms with Crippen molar-refractivity contribution in [1.29, 1.82) is 0 Å². The van der Waals surface area contributed by atoms with Gasteiger partial charge in [0.05, 0.1) is 16.7 Å². The van der Waals surface area contributed by atoms with Crippen LogP contribution >= 0.6 is 0 Å². The van der Waals surface area contributed by atoms with Crippen LogP contribution in [0, 0.1) is 0 Å². The third-order valence-electron chi connectivity index (χ3n) is 5.06. The summed E-state index contributed by atoms with van der Waals surface area (Å²) in [5.74, 6) is 0.138. The number of rotatable bonds is 9. The molecule has 0 aliphatic heterocycles. The Morgan fingerprint density at radius 3 is 2.54 bits per heavy atom. The molecule has 9 nitrogen and oxygen atoms in total. The molecule has 1 aromatic carbocycles. The second-order valence-corrected chi connectivity index (χ2v) is 18.6. The van der Waals surface area contributed by atoms with Crippen molar-refractivity contribution in [3.05, 3.63) is 42.2 Å². The van der Waals surface area contributed by atoms with Gasteiger partial charge in [-0.15, -0.1) is 0 Å². The molecule has 0 saturated heterocycles. The monoisotopic (exact) mass is 517 g/mol. The molecule has 0 spiro atoms. The van der Waals surface area contributed by atoms with Gasteiger partial charge in [0.15, 0.2) is 15.5 Å². The summed E-state index contributed by atoms with van der Waals surface area (Å²) in [5, 5.41) is 6.07. The van der Waals surface area contributed by atoms with Crippen LogP contribution in [0.4, 0.5) is 11.5 Å². The third-order valence-corrected chi connectivity index (χ3v) is 7.87. The molecule has 0 aliphatic rings. The van der Waals surface area contributed by atoms with Crippen LogP contribution in [0.15, 0.2) is 41.6 Å². The van der Waals surface area contributed by atoms with Gasteiger partial charge < -0.3 is 19.9 Å². The number of nitrogens with zero attached hydrogens (tertiary/aromatic N) is 3. The SMILES string of the molecule is CC(C)(C)NC(=O)c1cn(COCC[Si](C)(C)C)c2ncc(Nc3cccc(S(C)(=O)=O)c3)nc12. The minimum Gasteiger partial charge on any atom is -0.361 e. The van der Waals surface area contributed by atoms with Crippen molar-refractivity contribution in [2.45, 2.75) is 63.6 Å². The average molecular weight is 518 g/mol. The van der Waals surface area contributed by atoms with Gasteiger partial charge in [-0.2, -0.15) is 0 Å². The van der Waals surface area contributed by atoms with E-state index in [9.17, 15) is 13.2 Å². The molecular weight excluding hydrogens is 482 g/mol. The molecule has 2 N–H and O–H groups in total. The summed E-state index contributed by atoms with van der Waals surface area (Å²) >= 11 is 0. The Morgan fingerprint density at radius 1 is 1.20 bits per heavy atom. The number of anilines is 2. The van der Waals surface area contributed by atoms with E-state index < -0.39 is 23.5 Å². The lowest BCUT2D eigenvalue weighted by atomic mass is 10.1. The maximum absolute atomic E-state index is 13.1. The lowest BCUT2D eigenvalue weighted by molar-refractivity contribution is 0.0886. The highest BCUT2D eigenvalue weighted by atomic mass is 32.2. The van der Waals surface area contributed by atoms with Crippen LogP contribution in [0.3, 0.4) is 0 Å². The summed E-state index contributed by atoms with van der Waals surface area (Å²) in [4.78, 5) is 22.4. The van der Waals surface area contributed by atoms with Crippen molar-refractivity contribution in [3.8, 4) is 0 Å². The molecule has 3 aromatic rings. The van der Waals surface area contributed by atoms with Crippen LogP contribution in [0.1, 0.15) is 31.1 Å². The first-order valence-corrected chi connectivity index (χ1v) is 17.1. The van der Waals surface area contributed by atoms with Gasteiger partial charge in [0.25, 0.3) is 5.91 Å². The fourth-order valence-electron chi connectivity index (χ4n) is 3.28. The molecular formula is C24H35N5O4SSi. The van der Waals surface area contributed by atoms with E-state index in [0.717, 1.165) is 12.3 Å². The summed E-state index contributed by atoms with van der Waals surface area (Å²) in [7, 11) is -4.57. The van der Waals surface area contributed by atoms with Crippen molar-refractivity contribution in [3.63, 3.8) is 0 Å². The fourth-order valence-corrected chi connectivity index (χ4v) is 4.70. The Hall–Kier alpha value is -2.76. The molecule has 1 amide bonds. The topological polar surface area (TPSA) is 115 Å². The molecule has 35 heavy (non-hydrogen) atoms. The first kappa shape index (κ1) is 26.8. The minimum absolute atomic E-state index is 0.198. The van der Waals surface area contributed by atoms with E-state index in [1.165, 1.54) is 12.1 Å². The quantitative estimate of drug-likeness (QED) is 0.319. The van der Waals surface area contributed by atoms with Gasteiger partial charge in [-0.25, -0.2) is 18.4 Å². The highest BCUT2D eigenvalue weighted by Gasteiger charge is 2.22. The zero-order valence-electron chi connectivity index (χ0n) is 21.5. The number of benzene rings is 1. The zero-order valence-corrected chi connectivity index (χ0v) is 23.3. The van der Waals surface area contributed by atoms with Gasteiger partial charge in [0, 0.05) is 38.4 Å². The van der Waals surface area contributed by atoms with Gasteiger partial charge in [-0.3, -0.25) is 4.79 Å². The number of aromatic nitrogens is 3. The van der Waals surface area contributed by atoms with E-state index in [-0.39, 0.29) is 17.5 Å². The normalized spacial score (nSPS) is 12.7.